The summed E-state index contributed by atoms with van der Waals surface area (Å²) in [5.41, 5.74) is 7.02. The molecule has 0 spiro atoms. The van der Waals surface area contributed by atoms with E-state index in [1.807, 2.05) is 6.92 Å². The molecule has 0 radical (unpaired) electrons. The number of carbonyl (C=O) groups is 2. The standard InChI is InChI=1S/C18H19N3O4S/c1-11-9-13-10-14(7-8-17(13)21(11)12(2)22)26(24,25)20-16-6-4-3-5-15(16)18(19)23/h3-8,10-11,20H,9H2,1-2H3,(H2,19,23)/t11-/m1/s1. The minimum Gasteiger partial charge on any atom is -0.366 e. The Labute approximate surface area is 151 Å². The van der Waals surface area contributed by atoms with Gasteiger partial charge in [-0.25, -0.2) is 8.42 Å². The summed E-state index contributed by atoms with van der Waals surface area (Å²) in [4.78, 5) is 25.0. The summed E-state index contributed by atoms with van der Waals surface area (Å²) in [5.74, 6) is -0.802. The number of benzene rings is 2. The molecule has 1 atom stereocenters. The Kier molecular flexibility index (Phi) is 4.45. The fraction of sp³-hybridized carbons (Fsp3) is 0.222. The first kappa shape index (κ1) is 17.9. The third kappa shape index (κ3) is 3.15. The lowest BCUT2D eigenvalue weighted by Crippen LogP contribution is -2.33. The van der Waals surface area contributed by atoms with Crippen LogP contribution >= 0.6 is 0 Å². The molecule has 0 fully saturated rings. The molecule has 7 nitrogen and oxygen atoms in total. The Morgan fingerprint density at radius 2 is 1.88 bits per heavy atom. The average Bonchev–Trinajstić information content (AvgIpc) is 2.89. The lowest BCUT2D eigenvalue weighted by molar-refractivity contribution is -0.116. The number of nitrogens with two attached hydrogens (primary N) is 1. The second kappa shape index (κ2) is 6.45. The molecule has 2 aromatic carbocycles. The van der Waals surface area contributed by atoms with Crippen LogP contribution in [0.3, 0.4) is 0 Å². The summed E-state index contributed by atoms with van der Waals surface area (Å²) in [6.07, 6.45) is 0.580. The third-order valence-electron chi connectivity index (χ3n) is 4.35. The van der Waals surface area contributed by atoms with Crippen LogP contribution in [0.2, 0.25) is 0 Å². The van der Waals surface area contributed by atoms with Crippen molar-refractivity contribution in [2.24, 2.45) is 5.73 Å². The number of hydrogen-bond acceptors (Lipinski definition) is 4. The van der Waals surface area contributed by atoms with Crippen molar-refractivity contribution < 1.29 is 18.0 Å². The molecule has 1 aliphatic rings. The highest BCUT2D eigenvalue weighted by Gasteiger charge is 2.30. The van der Waals surface area contributed by atoms with Crippen molar-refractivity contribution in [2.45, 2.75) is 31.2 Å². The van der Waals surface area contributed by atoms with Gasteiger partial charge in [-0.15, -0.1) is 0 Å². The van der Waals surface area contributed by atoms with E-state index in [0.717, 1.165) is 11.3 Å². The van der Waals surface area contributed by atoms with Crippen molar-refractivity contribution in [3.8, 4) is 0 Å². The number of rotatable bonds is 4. The van der Waals surface area contributed by atoms with Gasteiger partial charge in [-0.2, -0.15) is 0 Å². The van der Waals surface area contributed by atoms with Gasteiger partial charge in [0.15, 0.2) is 0 Å². The molecule has 2 amide bonds. The maximum Gasteiger partial charge on any atom is 0.261 e. The zero-order valence-corrected chi connectivity index (χ0v) is 15.2. The number of nitrogens with one attached hydrogen (secondary N) is 1. The predicted octanol–water partition coefficient (Wildman–Crippen LogP) is 1.88. The molecule has 0 saturated carbocycles. The Bertz CT molecular complexity index is 1000. The van der Waals surface area contributed by atoms with Crippen molar-refractivity contribution >= 4 is 33.2 Å². The van der Waals surface area contributed by atoms with Crippen molar-refractivity contribution in [1.29, 1.82) is 0 Å². The maximum atomic E-state index is 12.7. The van der Waals surface area contributed by atoms with Crippen molar-refractivity contribution in [3.05, 3.63) is 53.6 Å². The van der Waals surface area contributed by atoms with Gasteiger partial charge >= 0.3 is 0 Å². The smallest absolute Gasteiger partial charge is 0.261 e. The largest absolute Gasteiger partial charge is 0.366 e. The first-order valence-corrected chi connectivity index (χ1v) is 9.53. The van der Waals surface area contributed by atoms with Crippen LogP contribution in [0.25, 0.3) is 0 Å². The highest BCUT2D eigenvalue weighted by atomic mass is 32.2. The molecule has 1 aliphatic heterocycles. The fourth-order valence-corrected chi connectivity index (χ4v) is 4.38. The number of hydrogen-bond donors (Lipinski definition) is 2. The van der Waals surface area contributed by atoms with Crippen LogP contribution in [0.15, 0.2) is 47.4 Å². The first-order chi connectivity index (χ1) is 12.2. The molecular weight excluding hydrogens is 354 g/mol. The normalized spacial score (nSPS) is 16.2. The Morgan fingerprint density at radius 3 is 2.54 bits per heavy atom. The molecule has 136 valence electrons. The summed E-state index contributed by atoms with van der Waals surface area (Å²) >= 11 is 0. The molecule has 26 heavy (non-hydrogen) atoms. The van der Waals surface area contributed by atoms with Crippen LogP contribution in [0.5, 0.6) is 0 Å². The zero-order chi connectivity index (χ0) is 19.1. The number of nitrogens with zero attached hydrogens (tertiary/aromatic N) is 1. The highest BCUT2D eigenvalue weighted by Crippen LogP contribution is 2.34. The monoisotopic (exact) mass is 373 g/mol. The lowest BCUT2D eigenvalue weighted by atomic mass is 10.1. The topological polar surface area (TPSA) is 110 Å². The van der Waals surface area contributed by atoms with Gasteiger partial charge in [0.05, 0.1) is 16.1 Å². The van der Waals surface area contributed by atoms with E-state index in [-0.39, 0.29) is 28.1 Å². The van der Waals surface area contributed by atoms with Gasteiger partial charge in [-0.3, -0.25) is 14.3 Å². The number of para-hydroxylation sites is 1. The van der Waals surface area contributed by atoms with Crippen LogP contribution in [0.4, 0.5) is 11.4 Å². The van der Waals surface area contributed by atoms with Gasteiger partial charge in [0, 0.05) is 18.7 Å². The maximum absolute atomic E-state index is 12.7. The van der Waals surface area contributed by atoms with Gasteiger partial charge in [0.2, 0.25) is 5.91 Å². The number of amides is 2. The summed E-state index contributed by atoms with van der Waals surface area (Å²) in [6, 6.07) is 10.8. The van der Waals surface area contributed by atoms with E-state index in [4.69, 9.17) is 5.73 Å². The Balaban J connectivity index is 1.97. The first-order valence-electron chi connectivity index (χ1n) is 8.05. The summed E-state index contributed by atoms with van der Waals surface area (Å²) < 4.78 is 27.9. The molecular formula is C18H19N3O4S. The molecule has 0 bridgehead atoms. The molecule has 0 aromatic heterocycles. The summed E-state index contributed by atoms with van der Waals surface area (Å²) in [6.45, 7) is 3.40. The number of sulfonamides is 1. The minimum atomic E-state index is -3.91. The number of anilines is 2. The van der Waals surface area contributed by atoms with Crippen LogP contribution in [-0.2, 0) is 21.2 Å². The second-order valence-electron chi connectivity index (χ2n) is 6.25. The van der Waals surface area contributed by atoms with Crippen LogP contribution in [0, 0.1) is 0 Å². The van der Waals surface area contributed by atoms with Crippen LogP contribution in [0.1, 0.15) is 29.8 Å². The van der Waals surface area contributed by atoms with Gasteiger partial charge in [0.1, 0.15) is 0 Å². The number of primary amides is 1. The van der Waals surface area contributed by atoms with Crippen LogP contribution in [-0.4, -0.2) is 26.3 Å². The van der Waals surface area contributed by atoms with Crippen LogP contribution < -0.4 is 15.4 Å². The van der Waals surface area contributed by atoms with Crippen molar-refractivity contribution in [3.63, 3.8) is 0 Å². The summed E-state index contributed by atoms with van der Waals surface area (Å²) in [5, 5.41) is 0. The van der Waals surface area contributed by atoms with Gasteiger partial charge < -0.3 is 10.6 Å². The lowest BCUT2D eigenvalue weighted by Gasteiger charge is -2.20. The molecule has 0 saturated heterocycles. The summed E-state index contributed by atoms with van der Waals surface area (Å²) in [7, 11) is -3.91. The van der Waals surface area contributed by atoms with E-state index in [1.165, 1.54) is 25.1 Å². The minimum absolute atomic E-state index is 0.0241. The molecule has 3 rings (SSSR count). The molecule has 0 unspecified atom stereocenters. The number of carbonyl (C=O) groups excluding carboxylic acids is 2. The fourth-order valence-electron chi connectivity index (χ4n) is 3.25. The molecule has 0 aliphatic carbocycles. The van der Waals surface area contributed by atoms with E-state index < -0.39 is 15.9 Å². The Morgan fingerprint density at radius 1 is 1.19 bits per heavy atom. The predicted molar refractivity (Wildman–Crippen MR) is 98.5 cm³/mol. The van der Waals surface area contributed by atoms with E-state index >= 15 is 0 Å². The van der Waals surface area contributed by atoms with E-state index in [2.05, 4.69) is 4.72 Å². The molecule has 2 aromatic rings. The molecule has 8 heteroatoms. The van der Waals surface area contributed by atoms with E-state index in [0.29, 0.717) is 6.42 Å². The Hall–Kier alpha value is -2.87. The van der Waals surface area contributed by atoms with E-state index in [1.54, 1.807) is 29.2 Å². The van der Waals surface area contributed by atoms with Crippen molar-refractivity contribution in [2.75, 3.05) is 9.62 Å². The van der Waals surface area contributed by atoms with Crippen molar-refractivity contribution in [1.82, 2.24) is 0 Å². The molecule has 1 heterocycles. The quantitative estimate of drug-likeness (QED) is 0.853. The van der Waals surface area contributed by atoms with E-state index in [9.17, 15) is 18.0 Å². The van der Waals surface area contributed by atoms with Gasteiger partial charge in [-0.1, -0.05) is 12.1 Å². The molecule has 3 N–H and O–H groups in total. The second-order valence-corrected chi connectivity index (χ2v) is 7.93. The SMILES string of the molecule is CC(=O)N1c2ccc(S(=O)(=O)Nc3ccccc3C(N)=O)cc2C[C@H]1C. The van der Waals surface area contributed by atoms with Gasteiger partial charge in [-0.05, 0) is 49.2 Å². The average molecular weight is 373 g/mol. The third-order valence-corrected chi connectivity index (χ3v) is 5.72. The number of fused-ring (bicyclic) bond motifs is 1. The highest BCUT2D eigenvalue weighted by molar-refractivity contribution is 7.92. The van der Waals surface area contributed by atoms with Gasteiger partial charge in [0.25, 0.3) is 15.9 Å². The zero-order valence-electron chi connectivity index (χ0n) is 14.4.